The highest BCUT2D eigenvalue weighted by Gasteiger charge is 2.05. The molecule has 0 radical (unpaired) electrons. The lowest BCUT2D eigenvalue weighted by Crippen LogP contribution is -1.98. The zero-order chi connectivity index (χ0) is 9.14. The third-order valence-electron chi connectivity index (χ3n) is 1.38. The van der Waals surface area contributed by atoms with Crippen molar-refractivity contribution in [1.29, 1.82) is 0 Å². The molecule has 0 spiro atoms. The van der Waals surface area contributed by atoms with E-state index in [2.05, 4.69) is 20.9 Å². The summed E-state index contributed by atoms with van der Waals surface area (Å²) in [5, 5.41) is 8.91. The van der Waals surface area contributed by atoms with Crippen molar-refractivity contribution < 1.29 is 5.11 Å². The Hall–Kier alpha value is -0.320. The van der Waals surface area contributed by atoms with Gasteiger partial charge < -0.3 is 10.8 Å². The van der Waals surface area contributed by atoms with Crippen LogP contribution in [0.1, 0.15) is 5.69 Å². The minimum atomic E-state index is 0.0552. The molecular formula is C7H8BrClN2O. The summed E-state index contributed by atoms with van der Waals surface area (Å²) in [7, 11) is 0. The number of aliphatic hydroxyl groups excluding tert-OH is 1. The average Bonchev–Trinajstić information content (AvgIpc) is 2.01. The van der Waals surface area contributed by atoms with Crippen LogP contribution in [0.3, 0.4) is 0 Å². The van der Waals surface area contributed by atoms with E-state index < -0.39 is 0 Å². The Morgan fingerprint density at radius 1 is 1.67 bits per heavy atom. The summed E-state index contributed by atoms with van der Waals surface area (Å²) in [6.45, 7) is 0.0552. The number of pyridine rings is 1. The number of hydrogen-bond donors (Lipinski definition) is 2. The summed E-state index contributed by atoms with van der Waals surface area (Å²) in [6, 6.07) is 1.75. The van der Waals surface area contributed by atoms with Crippen molar-refractivity contribution in [2.45, 2.75) is 6.42 Å². The molecule has 3 N–H and O–H groups in total. The molecule has 0 saturated heterocycles. The summed E-state index contributed by atoms with van der Waals surface area (Å²) < 4.78 is 0.714. The number of rotatable bonds is 2. The second-order valence-corrected chi connectivity index (χ2v) is 3.49. The van der Waals surface area contributed by atoms with Gasteiger partial charge in [-0.2, -0.15) is 0 Å². The smallest absolute Gasteiger partial charge is 0.153 e. The van der Waals surface area contributed by atoms with E-state index in [-0.39, 0.29) is 11.8 Å². The maximum Gasteiger partial charge on any atom is 0.153 e. The average molecular weight is 252 g/mol. The standard InChI is InChI=1S/C7H8BrClN2O/c8-5-3-4(1-2-12)11-7(9)6(5)10/h3,12H,1-2,10H2. The predicted octanol–water partition coefficient (Wildman–Crippen LogP) is 1.61. The molecular weight excluding hydrogens is 243 g/mol. The summed E-state index contributed by atoms with van der Waals surface area (Å²) in [5.74, 6) is 0. The topological polar surface area (TPSA) is 59.1 Å². The number of hydrogen-bond acceptors (Lipinski definition) is 3. The lowest BCUT2D eigenvalue weighted by molar-refractivity contribution is 0.298. The molecule has 3 nitrogen and oxygen atoms in total. The Labute approximate surface area is 83.7 Å². The number of aromatic nitrogens is 1. The van der Waals surface area contributed by atoms with Gasteiger partial charge in [0.05, 0.1) is 5.69 Å². The quantitative estimate of drug-likeness (QED) is 0.785. The lowest BCUT2D eigenvalue weighted by Gasteiger charge is -2.03. The van der Waals surface area contributed by atoms with Gasteiger partial charge in [-0.05, 0) is 22.0 Å². The van der Waals surface area contributed by atoms with Gasteiger partial charge in [0, 0.05) is 23.2 Å². The molecule has 0 bridgehead atoms. The molecule has 0 aromatic carbocycles. The fourth-order valence-electron chi connectivity index (χ4n) is 0.784. The molecule has 1 rings (SSSR count). The highest BCUT2D eigenvalue weighted by Crippen LogP contribution is 2.26. The number of aliphatic hydroxyl groups is 1. The van der Waals surface area contributed by atoms with E-state index in [9.17, 15) is 0 Å². The highest BCUT2D eigenvalue weighted by molar-refractivity contribution is 9.10. The van der Waals surface area contributed by atoms with Crippen LogP contribution in [0.2, 0.25) is 5.15 Å². The van der Waals surface area contributed by atoms with Gasteiger partial charge in [-0.3, -0.25) is 0 Å². The van der Waals surface area contributed by atoms with Crippen LogP contribution >= 0.6 is 27.5 Å². The fraction of sp³-hybridized carbons (Fsp3) is 0.286. The van der Waals surface area contributed by atoms with Gasteiger partial charge in [0.15, 0.2) is 5.15 Å². The molecule has 1 aromatic rings. The van der Waals surface area contributed by atoms with Crippen LogP contribution in [0, 0.1) is 0 Å². The largest absolute Gasteiger partial charge is 0.396 e. The van der Waals surface area contributed by atoms with Gasteiger partial charge in [0.1, 0.15) is 0 Å². The molecule has 66 valence electrons. The molecule has 12 heavy (non-hydrogen) atoms. The predicted molar refractivity (Wildman–Crippen MR) is 52.1 cm³/mol. The molecule has 0 atom stereocenters. The van der Waals surface area contributed by atoms with Crippen LogP contribution in [-0.2, 0) is 6.42 Å². The molecule has 0 saturated carbocycles. The Morgan fingerprint density at radius 3 is 2.83 bits per heavy atom. The van der Waals surface area contributed by atoms with Crippen molar-refractivity contribution in [3.8, 4) is 0 Å². The summed E-state index contributed by atoms with van der Waals surface area (Å²) in [5.41, 5.74) is 6.70. The van der Waals surface area contributed by atoms with Crippen molar-refractivity contribution in [1.82, 2.24) is 4.98 Å². The zero-order valence-electron chi connectivity index (χ0n) is 6.22. The molecule has 1 heterocycles. The molecule has 5 heteroatoms. The van der Waals surface area contributed by atoms with Crippen LogP contribution in [0.15, 0.2) is 10.5 Å². The van der Waals surface area contributed by atoms with Crippen LogP contribution < -0.4 is 5.73 Å². The van der Waals surface area contributed by atoms with Gasteiger partial charge in [0.25, 0.3) is 0 Å². The first-order valence-electron chi connectivity index (χ1n) is 3.36. The van der Waals surface area contributed by atoms with Crippen LogP contribution in [-0.4, -0.2) is 16.7 Å². The van der Waals surface area contributed by atoms with E-state index in [1.807, 2.05) is 0 Å². The Balaban J connectivity index is 3.04. The first kappa shape index (κ1) is 9.77. The van der Waals surface area contributed by atoms with E-state index in [4.69, 9.17) is 22.4 Å². The maximum absolute atomic E-state index is 8.64. The molecule has 0 aliphatic heterocycles. The Morgan fingerprint density at radius 2 is 2.33 bits per heavy atom. The van der Waals surface area contributed by atoms with Gasteiger partial charge >= 0.3 is 0 Å². The maximum atomic E-state index is 8.64. The first-order chi connectivity index (χ1) is 5.65. The van der Waals surface area contributed by atoms with Gasteiger partial charge in [0.2, 0.25) is 0 Å². The summed E-state index contributed by atoms with van der Waals surface area (Å²) in [6.07, 6.45) is 0.485. The van der Waals surface area contributed by atoms with Crippen LogP contribution in [0.4, 0.5) is 5.69 Å². The minimum absolute atomic E-state index is 0.0552. The molecule has 0 aliphatic carbocycles. The summed E-state index contributed by atoms with van der Waals surface area (Å²) >= 11 is 8.94. The molecule has 1 aromatic heterocycles. The number of nitrogens with two attached hydrogens (primary N) is 1. The lowest BCUT2D eigenvalue weighted by atomic mass is 10.3. The van der Waals surface area contributed by atoms with E-state index >= 15 is 0 Å². The van der Waals surface area contributed by atoms with Crippen molar-refractivity contribution in [3.05, 3.63) is 21.4 Å². The highest BCUT2D eigenvalue weighted by atomic mass is 79.9. The number of nitrogens with zero attached hydrogens (tertiary/aromatic N) is 1. The van der Waals surface area contributed by atoms with E-state index in [0.717, 1.165) is 5.69 Å². The molecule has 0 unspecified atom stereocenters. The molecule has 0 aliphatic rings. The van der Waals surface area contributed by atoms with Crippen molar-refractivity contribution in [2.75, 3.05) is 12.3 Å². The Bertz CT molecular complexity index is 270. The van der Waals surface area contributed by atoms with Gasteiger partial charge in [-0.25, -0.2) is 4.98 Å². The minimum Gasteiger partial charge on any atom is -0.396 e. The fourth-order valence-corrected chi connectivity index (χ4v) is 1.56. The van der Waals surface area contributed by atoms with Crippen LogP contribution in [0.25, 0.3) is 0 Å². The monoisotopic (exact) mass is 250 g/mol. The number of nitrogen functional groups attached to an aromatic ring is 1. The normalized spacial score (nSPS) is 10.2. The summed E-state index contributed by atoms with van der Waals surface area (Å²) in [4.78, 5) is 3.97. The van der Waals surface area contributed by atoms with Crippen molar-refractivity contribution in [3.63, 3.8) is 0 Å². The molecule has 0 fully saturated rings. The third kappa shape index (κ3) is 2.09. The van der Waals surface area contributed by atoms with Crippen molar-refractivity contribution in [2.24, 2.45) is 0 Å². The van der Waals surface area contributed by atoms with Gasteiger partial charge in [-0.15, -0.1) is 0 Å². The van der Waals surface area contributed by atoms with E-state index in [0.29, 0.717) is 16.6 Å². The van der Waals surface area contributed by atoms with Crippen LogP contribution in [0.5, 0.6) is 0 Å². The Kier molecular flexibility index (Phi) is 3.31. The van der Waals surface area contributed by atoms with Crippen molar-refractivity contribution >= 4 is 33.2 Å². The van der Waals surface area contributed by atoms with E-state index in [1.54, 1.807) is 6.07 Å². The van der Waals surface area contributed by atoms with Gasteiger partial charge in [-0.1, -0.05) is 11.6 Å². The third-order valence-corrected chi connectivity index (χ3v) is 2.33. The first-order valence-corrected chi connectivity index (χ1v) is 4.53. The second kappa shape index (κ2) is 4.07. The second-order valence-electron chi connectivity index (χ2n) is 2.27. The number of anilines is 1. The SMILES string of the molecule is Nc1c(Br)cc(CCO)nc1Cl. The molecule has 0 amide bonds. The number of halogens is 2. The van der Waals surface area contributed by atoms with E-state index in [1.165, 1.54) is 0 Å². The zero-order valence-corrected chi connectivity index (χ0v) is 8.56.